The van der Waals surface area contributed by atoms with Gasteiger partial charge in [0, 0.05) is 11.5 Å². The number of carbonyl (C=O) groups is 4. The fraction of sp³-hybridized carbons (Fsp3) is 0.286. The van der Waals surface area contributed by atoms with Gasteiger partial charge in [0.25, 0.3) is 5.91 Å². The molecule has 0 aliphatic heterocycles. The van der Waals surface area contributed by atoms with E-state index >= 15 is 0 Å². The lowest BCUT2D eigenvalue weighted by Crippen LogP contribution is -2.65. The largest absolute Gasteiger partial charge is 0.508 e. The Kier molecular flexibility index (Phi) is 5.89. The number of likely N-dealkylation sites (N-methyl/N-ethyl adjacent to an activating group) is 1. The molecule has 0 aromatic heterocycles. The van der Waals surface area contributed by atoms with Gasteiger partial charge in [-0.1, -0.05) is 18.2 Å². The third-order valence-corrected chi connectivity index (χ3v) is 8.05. The maximum absolute atomic E-state index is 13.9. The number of amides is 1. The van der Waals surface area contributed by atoms with Crippen molar-refractivity contribution in [1.29, 1.82) is 0 Å². The van der Waals surface area contributed by atoms with Crippen LogP contribution in [-0.4, -0.2) is 79.6 Å². The number of primary amides is 1. The smallest absolute Gasteiger partial charge is 0.335 e. The maximum atomic E-state index is 13.9. The Morgan fingerprint density at radius 2 is 1.67 bits per heavy atom. The van der Waals surface area contributed by atoms with Gasteiger partial charge >= 0.3 is 5.97 Å². The van der Waals surface area contributed by atoms with Crippen molar-refractivity contribution in [3.63, 3.8) is 0 Å². The summed E-state index contributed by atoms with van der Waals surface area (Å²) >= 11 is 0. The number of nitrogens with zero attached hydrogens (tertiary/aromatic N) is 1. The van der Waals surface area contributed by atoms with Crippen LogP contribution < -0.4 is 5.73 Å². The van der Waals surface area contributed by atoms with Crippen LogP contribution in [0.15, 0.2) is 53.3 Å². The van der Waals surface area contributed by atoms with Gasteiger partial charge in [0.15, 0.2) is 11.4 Å². The average molecular weight is 535 g/mol. The maximum Gasteiger partial charge on any atom is 0.335 e. The molecule has 39 heavy (non-hydrogen) atoms. The third-order valence-electron chi connectivity index (χ3n) is 8.05. The molecule has 0 saturated heterocycles. The highest BCUT2D eigenvalue weighted by Gasteiger charge is 2.64. The molecule has 1 fully saturated rings. The van der Waals surface area contributed by atoms with Crippen molar-refractivity contribution in [3.8, 4) is 16.9 Å². The highest BCUT2D eigenvalue weighted by atomic mass is 16.4. The summed E-state index contributed by atoms with van der Waals surface area (Å²) in [7, 11) is 3.06. The number of aromatic carboxylic acids is 1. The fourth-order valence-electron chi connectivity index (χ4n) is 6.31. The normalized spacial score (nSPS) is 26.3. The van der Waals surface area contributed by atoms with Crippen LogP contribution in [-0.2, 0) is 20.8 Å². The van der Waals surface area contributed by atoms with E-state index in [1.807, 2.05) is 0 Å². The predicted molar refractivity (Wildman–Crippen MR) is 137 cm³/mol. The van der Waals surface area contributed by atoms with E-state index in [1.54, 1.807) is 18.2 Å². The quantitative estimate of drug-likeness (QED) is 0.311. The van der Waals surface area contributed by atoms with Gasteiger partial charge in [0.1, 0.15) is 22.8 Å². The number of benzene rings is 2. The van der Waals surface area contributed by atoms with Crippen molar-refractivity contribution >= 4 is 29.2 Å². The van der Waals surface area contributed by atoms with E-state index in [1.165, 1.54) is 37.2 Å². The van der Waals surface area contributed by atoms with E-state index in [9.17, 15) is 44.7 Å². The molecule has 4 atom stereocenters. The van der Waals surface area contributed by atoms with Gasteiger partial charge in [-0.05, 0) is 67.7 Å². The molecule has 7 N–H and O–H groups in total. The van der Waals surface area contributed by atoms with Gasteiger partial charge in [-0.25, -0.2) is 4.79 Å². The number of Topliss-reactive ketones (excluding diaryl/α,β-unsaturated/α-hetero) is 2. The number of aliphatic hydroxyl groups excluding tert-OH is 2. The van der Waals surface area contributed by atoms with Crippen molar-refractivity contribution in [1.82, 2.24) is 4.90 Å². The SMILES string of the molecule is CN(C)[C@H]1C(=O)C(C(N)=O)=C(O)[C@]2(O)C(=O)C3=C(O)c4c(O)ccc(-c5ccc(C(=O)O)cc5)c4C[C@H]3C[C@@H]12. The highest BCUT2D eigenvalue weighted by Crippen LogP contribution is 2.53. The second-order valence-corrected chi connectivity index (χ2v) is 10.3. The summed E-state index contributed by atoms with van der Waals surface area (Å²) < 4.78 is 0. The molecule has 3 aliphatic rings. The topological polar surface area (TPSA) is 199 Å². The van der Waals surface area contributed by atoms with E-state index < -0.39 is 64.0 Å². The molecule has 0 unspecified atom stereocenters. The molecule has 0 bridgehead atoms. The lowest BCUT2D eigenvalue weighted by atomic mass is 9.57. The Morgan fingerprint density at radius 3 is 2.23 bits per heavy atom. The third kappa shape index (κ3) is 3.57. The van der Waals surface area contributed by atoms with Gasteiger partial charge in [-0.15, -0.1) is 0 Å². The molecule has 0 radical (unpaired) electrons. The summed E-state index contributed by atoms with van der Waals surface area (Å²) in [4.78, 5) is 51.8. The van der Waals surface area contributed by atoms with Crippen LogP contribution in [0.2, 0.25) is 0 Å². The Balaban J connectivity index is 1.71. The number of fused-ring (bicyclic) bond motifs is 3. The van der Waals surface area contributed by atoms with Gasteiger partial charge in [-0.2, -0.15) is 0 Å². The van der Waals surface area contributed by atoms with Crippen LogP contribution in [0.4, 0.5) is 0 Å². The predicted octanol–water partition coefficient (Wildman–Crippen LogP) is 1.33. The molecule has 2 aromatic rings. The standard InChI is InChI=1S/C28H26N2O9/c1-30(2)21-16-10-13-9-15-14(11-3-5-12(6-4-11)27(37)38)7-8-17(31)19(15)22(32)18(13)24(34)28(16,39)25(35)20(23(21)33)26(29)36/h3-8,13,16,21,31-32,35,39H,9-10H2,1-2H3,(H2,29,36)(H,37,38)/t13-,16-,21+,28+/m0/s1. The van der Waals surface area contributed by atoms with Crippen LogP contribution in [0.3, 0.4) is 0 Å². The first-order valence-corrected chi connectivity index (χ1v) is 12.1. The zero-order valence-electron chi connectivity index (χ0n) is 21.0. The van der Waals surface area contributed by atoms with E-state index in [0.717, 1.165) is 0 Å². The first-order valence-electron chi connectivity index (χ1n) is 12.1. The van der Waals surface area contributed by atoms with Gasteiger partial charge in [-0.3, -0.25) is 19.3 Å². The number of rotatable bonds is 4. The molecule has 5 rings (SSSR count). The first kappa shape index (κ1) is 26.1. The number of phenols is 1. The molecule has 0 spiro atoms. The summed E-state index contributed by atoms with van der Waals surface area (Å²) in [6.07, 6.45) is 0.0950. The minimum Gasteiger partial charge on any atom is -0.508 e. The average Bonchev–Trinajstić information content (AvgIpc) is 2.86. The summed E-state index contributed by atoms with van der Waals surface area (Å²) in [6, 6.07) is 7.79. The van der Waals surface area contributed by atoms with Gasteiger partial charge in [0.05, 0.1) is 17.2 Å². The van der Waals surface area contributed by atoms with Crippen LogP contribution in [0.5, 0.6) is 5.75 Å². The van der Waals surface area contributed by atoms with E-state index in [-0.39, 0.29) is 35.3 Å². The van der Waals surface area contributed by atoms with E-state index in [4.69, 9.17) is 5.73 Å². The van der Waals surface area contributed by atoms with Gasteiger partial charge < -0.3 is 31.3 Å². The number of phenolic OH excluding ortho intramolecular Hbond substituents is 1. The number of hydrogen-bond donors (Lipinski definition) is 6. The number of aromatic hydroxyl groups is 1. The second kappa shape index (κ2) is 8.79. The molecular weight excluding hydrogens is 508 g/mol. The van der Waals surface area contributed by atoms with Crippen LogP contribution >= 0.6 is 0 Å². The van der Waals surface area contributed by atoms with Crippen molar-refractivity contribution in [2.75, 3.05) is 14.1 Å². The Labute approximate surface area is 222 Å². The Morgan fingerprint density at radius 1 is 1.03 bits per heavy atom. The number of nitrogens with two attached hydrogens (primary N) is 1. The number of carboxylic acid groups (broad SMARTS) is 1. The molecule has 11 nitrogen and oxygen atoms in total. The van der Waals surface area contributed by atoms with Crippen LogP contribution in [0.25, 0.3) is 16.9 Å². The molecule has 0 heterocycles. The Bertz CT molecular complexity index is 1540. The molecule has 1 saturated carbocycles. The molecule has 1 amide bonds. The lowest BCUT2D eigenvalue weighted by Gasteiger charge is -2.50. The zero-order valence-corrected chi connectivity index (χ0v) is 21.0. The molecule has 3 aliphatic carbocycles. The fourth-order valence-corrected chi connectivity index (χ4v) is 6.31. The number of carbonyl (C=O) groups excluding carboxylic acids is 3. The number of hydrogen-bond acceptors (Lipinski definition) is 9. The monoisotopic (exact) mass is 534 g/mol. The highest BCUT2D eigenvalue weighted by molar-refractivity contribution is 6.24. The molecule has 11 heteroatoms. The van der Waals surface area contributed by atoms with E-state index in [2.05, 4.69) is 0 Å². The molecule has 202 valence electrons. The summed E-state index contributed by atoms with van der Waals surface area (Å²) in [5.74, 6) is -8.25. The number of ketones is 2. The summed E-state index contributed by atoms with van der Waals surface area (Å²) in [6.45, 7) is 0. The van der Waals surface area contributed by atoms with Crippen molar-refractivity contribution in [3.05, 3.63) is 70.0 Å². The minimum atomic E-state index is -2.70. The van der Waals surface area contributed by atoms with Crippen molar-refractivity contribution in [2.24, 2.45) is 17.6 Å². The van der Waals surface area contributed by atoms with Crippen molar-refractivity contribution in [2.45, 2.75) is 24.5 Å². The summed E-state index contributed by atoms with van der Waals surface area (Å²) in [5, 5.41) is 53.8. The minimum absolute atomic E-state index is 0.0290. The Hall–Kier alpha value is -4.48. The van der Waals surface area contributed by atoms with E-state index in [0.29, 0.717) is 16.7 Å². The van der Waals surface area contributed by atoms with Crippen molar-refractivity contribution < 1.29 is 44.7 Å². The number of carboxylic acids is 1. The second-order valence-electron chi connectivity index (χ2n) is 10.3. The lowest BCUT2D eigenvalue weighted by molar-refractivity contribution is -0.153. The van der Waals surface area contributed by atoms with Crippen LogP contribution in [0.1, 0.15) is 27.9 Å². The molecule has 2 aromatic carbocycles. The van der Waals surface area contributed by atoms with Crippen LogP contribution in [0, 0.1) is 11.8 Å². The zero-order chi connectivity index (χ0) is 28.5. The summed E-state index contributed by atoms with van der Waals surface area (Å²) in [5.41, 5.74) is 3.24. The number of aliphatic hydroxyl groups is 3. The molecular formula is C28H26N2O9. The first-order chi connectivity index (χ1) is 18.3. The van der Waals surface area contributed by atoms with Gasteiger partial charge in [0.2, 0.25) is 5.78 Å².